The van der Waals surface area contributed by atoms with Crippen LogP contribution in [0.2, 0.25) is 0 Å². The number of benzene rings is 2. The van der Waals surface area contributed by atoms with Crippen LogP contribution in [0.3, 0.4) is 0 Å². The van der Waals surface area contributed by atoms with Crippen molar-refractivity contribution in [3.05, 3.63) is 65.2 Å². The smallest absolute Gasteiger partial charge is 0.246 e. The number of carbonyl (C=O) groups is 2. The lowest BCUT2D eigenvalue weighted by Crippen LogP contribution is -2.53. The van der Waals surface area contributed by atoms with E-state index in [0.717, 1.165) is 11.3 Å². The number of fused-ring (bicyclic) bond motifs is 1. The Bertz CT molecular complexity index is 830. The van der Waals surface area contributed by atoms with Crippen LogP contribution in [-0.2, 0) is 22.6 Å². The van der Waals surface area contributed by atoms with Gasteiger partial charge < -0.3 is 16.0 Å². The van der Waals surface area contributed by atoms with E-state index in [9.17, 15) is 9.59 Å². The highest BCUT2D eigenvalue weighted by Gasteiger charge is 2.28. The predicted molar refractivity (Wildman–Crippen MR) is 112 cm³/mol. The molecule has 5 nitrogen and oxygen atoms in total. The monoisotopic (exact) mass is 379 g/mol. The van der Waals surface area contributed by atoms with Crippen LogP contribution in [-0.4, -0.2) is 23.9 Å². The fraction of sp³-hybridized carbons (Fsp3) is 0.391. The summed E-state index contributed by atoms with van der Waals surface area (Å²) < 4.78 is 0. The van der Waals surface area contributed by atoms with Gasteiger partial charge in [0.1, 0.15) is 6.04 Å². The number of aryl methyl sites for hydroxylation is 1. The van der Waals surface area contributed by atoms with Gasteiger partial charge in [0.2, 0.25) is 11.8 Å². The van der Waals surface area contributed by atoms with Gasteiger partial charge in [-0.2, -0.15) is 0 Å². The number of anilines is 1. The Morgan fingerprint density at radius 1 is 1.07 bits per heavy atom. The Labute approximate surface area is 166 Å². The molecule has 1 aliphatic heterocycles. The maximum absolute atomic E-state index is 12.8. The van der Waals surface area contributed by atoms with E-state index in [4.69, 9.17) is 0 Å². The molecule has 0 fully saturated rings. The Hall–Kier alpha value is -2.66. The third-order valence-electron chi connectivity index (χ3n) is 5.06. The number of rotatable bonds is 6. The summed E-state index contributed by atoms with van der Waals surface area (Å²) in [5.74, 6) is -0.0181. The van der Waals surface area contributed by atoms with E-state index in [2.05, 4.69) is 28.1 Å². The van der Waals surface area contributed by atoms with Crippen molar-refractivity contribution in [1.82, 2.24) is 10.6 Å². The molecule has 5 heteroatoms. The molecule has 0 saturated carbocycles. The van der Waals surface area contributed by atoms with E-state index in [-0.39, 0.29) is 23.8 Å². The maximum atomic E-state index is 12.8. The molecule has 2 aromatic rings. The second-order valence-electron chi connectivity index (χ2n) is 7.95. The summed E-state index contributed by atoms with van der Waals surface area (Å²) in [5, 5.41) is 9.18. The van der Waals surface area contributed by atoms with E-state index >= 15 is 0 Å². The summed E-state index contributed by atoms with van der Waals surface area (Å²) in [7, 11) is 0. The van der Waals surface area contributed by atoms with Gasteiger partial charge in [0.25, 0.3) is 0 Å². The van der Waals surface area contributed by atoms with Crippen LogP contribution in [0.25, 0.3) is 0 Å². The maximum Gasteiger partial charge on any atom is 0.246 e. The summed E-state index contributed by atoms with van der Waals surface area (Å²) >= 11 is 0. The van der Waals surface area contributed by atoms with Crippen LogP contribution >= 0.6 is 0 Å². The summed E-state index contributed by atoms with van der Waals surface area (Å²) in [6, 6.07) is 14.9. The Morgan fingerprint density at radius 2 is 1.75 bits per heavy atom. The van der Waals surface area contributed by atoms with Crippen LogP contribution in [0.5, 0.6) is 0 Å². The zero-order valence-corrected chi connectivity index (χ0v) is 16.8. The van der Waals surface area contributed by atoms with Crippen LogP contribution in [0.1, 0.15) is 37.0 Å². The van der Waals surface area contributed by atoms with E-state index in [1.807, 2.05) is 57.2 Å². The van der Waals surface area contributed by atoms with Crippen LogP contribution < -0.4 is 16.0 Å². The highest BCUT2D eigenvalue weighted by molar-refractivity contribution is 5.98. The van der Waals surface area contributed by atoms with Crippen molar-refractivity contribution in [2.45, 2.75) is 52.2 Å². The largest absolute Gasteiger partial charge is 0.343 e. The normalized spacial score (nSPS) is 16.9. The second-order valence-corrected chi connectivity index (χ2v) is 7.95. The molecular weight excluding hydrogens is 350 g/mol. The molecule has 148 valence electrons. The van der Waals surface area contributed by atoms with Crippen molar-refractivity contribution in [2.75, 3.05) is 5.32 Å². The Balaban J connectivity index is 1.65. The molecule has 0 radical (unpaired) electrons. The summed E-state index contributed by atoms with van der Waals surface area (Å²) in [4.78, 5) is 25.7. The van der Waals surface area contributed by atoms with Gasteiger partial charge in [-0.15, -0.1) is 0 Å². The molecule has 3 rings (SSSR count). The second kappa shape index (κ2) is 9.02. The number of carbonyl (C=O) groups excluding carboxylic acids is 2. The SMILES string of the molecule is Cc1ccc(NC(=O)C(CC(C)C)NC(=O)C2Cc3ccccc3CN2)cc1. The van der Waals surface area contributed by atoms with Crippen molar-refractivity contribution in [3.63, 3.8) is 0 Å². The van der Waals surface area contributed by atoms with Gasteiger partial charge in [-0.3, -0.25) is 9.59 Å². The molecule has 0 saturated heterocycles. The molecule has 0 bridgehead atoms. The molecule has 2 aromatic carbocycles. The highest BCUT2D eigenvalue weighted by atomic mass is 16.2. The molecule has 2 atom stereocenters. The number of nitrogens with one attached hydrogen (secondary N) is 3. The van der Waals surface area contributed by atoms with Crippen molar-refractivity contribution < 1.29 is 9.59 Å². The van der Waals surface area contributed by atoms with Gasteiger partial charge in [0.05, 0.1) is 6.04 Å². The van der Waals surface area contributed by atoms with E-state index < -0.39 is 6.04 Å². The lowest BCUT2D eigenvalue weighted by Gasteiger charge is -2.28. The average Bonchev–Trinajstić information content (AvgIpc) is 2.68. The topological polar surface area (TPSA) is 70.2 Å². The first kappa shape index (κ1) is 20.1. The van der Waals surface area contributed by atoms with Crippen molar-refractivity contribution in [3.8, 4) is 0 Å². The predicted octanol–water partition coefficient (Wildman–Crippen LogP) is 3.18. The lowest BCUT2D eigenvalue weighted by atomic mass is 9.95. The molecule has 0 aromatic heterocycles. The number of hydrogen-bond donors (Lipinski definition) is 3. The quantitative estimate of drug-likeness (QED) is 0.722. The average molecular weight is 380 g/mol. The molecular formula is C23H29N3O2. The Morgan fingerprint density at radius 3 is 2.43 bits per heavy atom. The molecule has 28 heavy (non-hydrogen) atoms. The molecule has 0 aliphatic carbocycles. The van der Waals surface area contributed by atoms with Gasteiger partial charge in [0.15, 0.2) is 0 Å². The van der Waals surface area contributed by atoms with Crippen molar-refractivity contribution >= 4 is 17.5 Å². The van der Waals surface area contributed by atoms with Gasteiger partial charge in [-0.1, -0.05) is 55.8 Å². The third-order valence-corrected chi connectivity index (χ3v) is 5.06. The summed E-state index contributed by atoms with van der Waals surface area (Å²) in [5.41, 5.74) is 4.28. The van der Waals surface area contributed by atoms with Crippen molar-refractivity contribution in [1.29, 1.82) is 0 Å². The molecule has 2 amide bonds. The first-order valence-electron chi connectivity index (χ1n) is 9.90. The highest BCUT2D eigenvalue weighted by Crippen LogP contribution is 2.17. The van der Waals surface area contributed by atoms with Gasteiger partial charge in [-0.25, -0.2) is 0 Å². The summed E-state index contributed by atoms with van der Waals surface area (Å²) in [6.07, 6.45) is 1.22. The van der Waals surface area contributed by atoms with E-state index in [1.54, 1.807) is 0 Å². The van der Waals surface area contributed by atoms with Gasteiger partial charge in [0, 0.05) is 12.2 Å². The molecule has 0 spiro atoms. The Kier molecular flexibility index (Phi) is 6.47. The van der Waals surface area contributed by atoms with E-state index in [1.165, 1.54) is 11.1 Å². The first-order chi connectivity index (χ1) is 13.4. The van der Waals surface area contributed by atoms with Gasteiger partial charge >= 0.3 is 0 Å². The fourth-order valence-electron chi connectivity index (χ4n) is 3.48. The lowest BCUT2D eigenvalue weighted by molar-refractivity contribution is -0.128. The molecule has 3 N–H and O–H groups in total. The van der Waals surface area contributed by atoms with Crippen LogP contribution in [0.4, 0.5) is 5.69 Å². The third kappa shape index (κ3) is 5.20. The zero-order chi connectivity index (χ0) is 20.1. The minimum atomic E-state index is -0.562. The molecule has 2 unspecified atom stereocenters. The minimum Gasteiger partial charge on any atom is -0.343 e. The van der Waals surface area contributed by atoms with Crippen LogP contribution in [0, 0.1) is 12.8 Å². The first-order valence-corrected chi connectivity index (χ1v) is 9.90. The number of amides is 2. The molecule has 1 heterocycles. The standard InChI is InChI=1S/C23H29N3O2/c1-15(2)12-21(23(28)25-19-10-8-16(3)9-11-19)26-22(27)20-13-17-6-4-5-7-18(17)14-24-20/h4-11,15,20-21,24H,12-14H2,1-3H3,(H,25,28)(H,26,27). The number of hydrogen-bond acceptors (Lipinski definition) is 3. The minimum absolute atomic E-state index is 0.126. The zero-order valence-electron chi connectivity index (χ0n) is 16.8. The van der Waals surface area contributed by atoms with E-state index in [0.29, 0.717) is 19.4 Å². The summed E-state index contributed by atoms with van der Waals surface area (Å²) in [6.45, 7) is 6.77. The van der Waals surface area contributed by atoms with Crippen LogP contribution in [0.15, 0.2) is 48.5 Å². The van der Waals surface area contributed by atoms with Crippen molar-refractivity contribution in [2.24, 2.45) is 5.92 Å². The van der Waals surface area contributed by atoms with Gasteiger partial charge in [-0.05, 0) is 48.9 Å². The molecule has 1 aliphatic rings. The fourth-order valence-corrected chi connectivity index (χ4v) is 3.48.